The van der Waals surface area contributed by atoms with Gasteiger partial charge in [-0.05, 0) is 18.9 Å². The lowest BCUT2D eigenvalue weighted by Crippen LogP contribution is -1.92. The summed E-state index contributed by atoms with van der Waals surface area (Å²) in [4.78, 5) is 0. The molecule has 0 fully saturated rings. The molecular formula is C9H15NO. The van der Waals surface area contributed by atoms with Crippen molar-refractivity contribution in [3.63, 3.8) is 0 Å². The summed E-state index contributed by atoms with van der Waals surface area (Å²) < 4.78 is 5.31. The molecule has 0 amide bonds. The molecule has 0 saturated heterocycles. The fourth-order valence-electron chi connectivity index (χ4n) is 1.28. The first kappa shape index (κ1) is 8.18. The zero-order chi connectivity index (χ0) is 8.27. The largest absolute Gasteiger partial charge is 0.446 e. The molecule has 0 bridgehead atoms. The quantitative estimate of drug-likeness (QED) is 0.725. The summed E-state index contributed by atoms with van der Waals surface area (Å²) in [6.07, 6.45) is 2.23. The van der Waals surface area contributed by atoms with Gasteiger partial charge in [-0.2, -0.15) is 0 Å². The van der Waals surface area contributed by atoms with E-state index in [0.717, 1.165) is 18.6 Å². The molecule has 0 aliphatic carbocycles. The van der Waals surface area contributed by atoms with E-state index in [1.807, 2.05) is 12.1 Å². The molecule has 1 aromatic heterocycles. The van der Waals surface area contributed by atoms with Gasteiger partial charge in [-0.25, -0.2) is 0 Å². The second-order valence-electron chi connectivity index (χ2n) is 2.75. The lowest BCUT2D eigenvalue weighted by atomic mass is 10.0. The number of hydrogen-bond acceptors (Lipinski definition) is 2. The standard InChI is InChI=1S/C9H15NO/c1-3-7(4-2)8-5-6-9(10)11-8/h5-7H,3-4,10H2,1-2H3. The van der Waals surface area contributed by atoms with Gasteiger partial charge < -0.3 is 10.2 Å². The van der Waals surface area contributed by atoms with Gasteiger partial charge in [-0.15, -0.1) is 0 Å². The molecule has 62 valence electrons. The number of hydrogen-bond donors (Lipinski definition) is 1. The summed E-state index contributed by atoms with van der Waals surface area (Å²) in [5, 5.41) is 0. The van der Waals surface area contributed by atoms with E-state index in [2.05, 4.69) is 13.8 Å². The van der Waals surface area contributed by atoms with Crippen LogP contribution in [0, 0.1) is 0 Å². The fourth-order valence-corrected chi connectivity index (χ4v) is 1.28. The Balaban J connectivity index is 2.73. The van der Waals surface area contributed by atoms with Gasteiger partial charge in [-0.3, -0.25) is 0 Å². The van der Waals surface area contributed by atoms with Gasteiger partial charge >= 0.3 is 0 Å². The number of furan rings is 1. The summed E-state index contributed by atoms with van der Waals surface area (Å²) in [5.41, 5.74) is 5.46. The maximum Gasteiger partial charge on any atom is 0.190 e. The molecule has 0 aromatic carbocycles. The van der Waals surface area contributed by atoms with Crippen molar-refractivity contribution in [2.45, 2.75) is 32.6 Å². The van der Waals surface area contributed by atoms with Crippen LogP contribution in [0.1, 0.15) is 38.4 Å². The van der Waals surface area contributed by atoms with Crippen LogP contribution < -0.4 is 5.73 Å². The Morgan fingerprint density at radius 2 is 2.00 bits per heavy atom. The van der Waals surface area contributed by atoms with E-state index >= 15 is 0 Å². The molecule has 2 N–H and O–H groups in total. The first-order valence-corrected chi connectivity index (χ1v) is 4.13. The zero-order valence-electron chi connectivity index (χ0n) is 7.13. The minimum absolute atomic E-state index is 0.520. The van der Waals surface area contributed by atoms with Crippen molar-refractivity contribution in [3.05, 3.63) is 17.9 Å². The molecule has 0 spiro atoms. The van der Waals surface area contributed by atoms with Gasteiger partial charge in [0.15, 0.2) is 5.88 Å². The predicted molar refractivity (Wildman–Crippen MR) is 46.4 cm³/mol. The number of nitrogen functional groups attached to an aromatic ring is 1. The lowest BCUT2D eigenvalue weighted by Gasteiger charge is -2.07. The highest BCUT2D eigenvalue weighted by molar-refractivity contribution is 5.26. The van der Waals surface area contributed by atoms with Crippen LogP contribution in [0.3, 0.4) is 0 Å². The Hall–Kier alpha value is -0.920. The van der Waals surface area contributed by atoms with Crippen molar-refractivity contribution in [2.75, 3.05) is 5.73 Å². The van der Waals surface area contributed by atoms with E-state index in [1.54, 1.807) is 0 Å². The first-order valence-electron chi connectivity index (χ1n) is 4.13. The third kappa shape index (κ3) is 1.76. The number of nitrogens with two attached hydrogens (primary N) is 1. The number of rotatable bonds is 3. The average molecular weight is 153 g/mol. The molecular weight excluding hydrogens is 138 g/mol. The molecule has 0 aliphatic rings. The van der Waals surface area contributed by atoms with Gasteiger partial charge in [0, 0.05) is 12.0 Å². The van der Waals surface area contributed by atoms with Crippen LogP contribution in [-0.2, 0) is 0 Å². The topological polar surface area (TPSA) is 39.2 Å². The average Bonchev–Trinajstić information content (AvgIpc) is 2.39. The van der Waals surface area contributed by atoms with Crippen molar-refractivity contribution in [3.8, 4) is 0 Å². The highest BCUT2D eigenvalue weighted by Crippen LogP contribution is 2.25. The predicted octanol–water partition coefficient (Wildman–Crippen LogP) is 2.77. The smallest absolute Gasteiger partial charge is 0.190 e. The molecule has 2 heteroatoms. The first-order chi connectivity index (χ1) is 5.27. The molecule has 0 radical (unpaired) electrons. The molecule has 1 heterocycles. The van der Waals surface area contributed by atoms with Crippen molar-refractivity contribution in [2.24, 2.45) is 0 Å². The molecule has 2 nitrogen and oxygen atoms in total. The molecule has 0 saturated carbocycles. The summed E-state index contributed by atoms with van der Waals surface area (Å²) in [5.74, 6) is 2.08. The molecule has 11 heavy (non-hydrogen) atoms. The molecule has 1 aromatic rings. The Bertz CT molecular complexity index is 213. The van der Waals surface area contributed by atoms with Crippen LogP contribution in [0.4, 0.5) is 5.88 Å². The third-order valence-electron chi connectivity index (χ3n) is 2.04. The minimum atomic E-state index is 0.520. The maximum absolute atomic E-state index is 5.46. The second-order valence-corrected chi connectivity index (χ2v) is 2.75. The van der Waals surface area contributed by atoms with Crippen LogP contribution in [-0.4, -0.2) is 0 Å². The minimum Gasteiger partial charge on any atom is -0.446 e. The van der Waals surface area contributed by atoms with Crippen LogP contribution in [0.5, 0.6) is 0 Å². The van der Waals surface area contributed by atoms with Gasteiger partial charge in [0.1, 0.15) is 5.76 Å². The van der Waals surface area contributed by atoms with E-state index in [-0.39, 0.29) is 0 Å². The lowest BCUT2D eigenvalue weighted by molar-refractivity contribution is 0.459. The molecule has 1 rings (SSSR count). The van der Waals surface area contributed by atoms with Crippen LogP contribution in [0.2, 0.25) is 0 Å². The van der Waals surface area contributed by atoms with E-state index < -0.39 is 0 Å². The van der Waals surface area contributed by atoms with Gasteiger partial charge in [0.2, 0.25) is 0 Å². The second kappa shape index (κ2) is 3.46. The van der Waals surface area contributed by atoms with E-state index in [9.17, 15) is 0 Å². The van der Waals surface area contributed by atoms with Gasteiger partial charge in [0.25, 0.3) is 0 Å². The Morgan fingerprint density at radius 1 is 1.36 bits per heavy atom. The molecule has 0 aliphatic heterocycles. The maximum atomic E-state index is 5.46. The Labute approximate surface area is 67.4 Å². The summed E-state index contributed by atoms with van der Waals surface area (Å²) in [7, 11) is 0. The van der Waals surface area contributed by atoms with Gasteiger partial charge in [-0.1, -0.05) is 13.8 Å². The van der Waals surface area contributed by atoms with Crippen molar-refractivity contribution in [1.82, 2.24) is 0 Å². The highest BCUT2D eigenvalue weighted by Gasteiger charge is 2.09. The summed E-state index contributed by atoms with van der Waals surface area (Å²) >= 11 is 0. The van der Waals surface area contributed by atoms with E-state index in [1.165, 1.54) is 0 Å². The fraction of sp³-hybridized carbons (Fsp3) is 0.556. The summed E-state index contributed by atoms with van der Waals surface area (Å²) in [6.45, 7) is 4.32. The SMILES string of the molecule is CCC(CC)c1ccc(N)o1. The van der Waals surface area contributed by atoms with Crippen molar-refractivity contribution in [1.29, 1.82) is 0 Å². The summed E-state index contributed by atoms with van der Waals surface area (Å²) in [6, 6.07) is 3.78. The Morgan fingerprint density at radius 3 is 2.36 bits per heavy atom. The van der Waals surface area contributed by atoms with Crippen molar-refractivity contribution < 1.29 is 4.42 Å². The molecule has 0 unspecified atom stereocenters. The van der Waals surface area contributed by atoms with Crippen LogP contribution in [0.15, 0.2) is 16.5 Å². The van der Waals surface area contributed by atoms with Crippen LogP contribution >= 0.6 is 0 Å². The highest BCUT2D eigenvalue weighted by atomic mass is 16.4. The zero-order valence-corrected chi connectivity index (χ0v) is 7.13. The normalized spacial score (nSPS) is 10.8. The van der Waals surface area contributed by atoms with E-state index in [4.69, 9.17) is 10.2 Å². The number of anilines is 1. The van der Waals surface area contributed by atoms with E-state index in [0.29, 0.717) is 11.8 Å². The molecule has 0 atom stereocenters. The van der Waals surface area contributed by atoms with Gasteiger partial charge in [0.05, 0.1) is 0 Å². The Kier molecular flexibility index (Phi) is 2.58. The monoisotopic (exact) mass is 153 g/mol. The van der Waals surface area contributed by atoms with Crippen LogP contribution in [0.25, 0.3) is 0 Å². The van der Waals surface area contributed by atoms with Crippen molar-refractivity contribution >= 4 is 5.88 Å². The third-order valence-corrected chi connectivity index (χ3v) is 2.04.